The van der Waals surface area contributed by atoms with E-state index in [0.717, 1.165) is 25.7 Å². The first-order valence-electron chi connectivity index (χ1n) is 8.37. The van der Waals surface area contributed by atoms with Crippen LogP contribution in [-0.4, -0.2) is 23.3 Å². The number of nitrogens with two attached hydrogens (primary N) is 1. The normalized spacial score (nSPS) is 10.6. The Balaban J connectivity index is 1.81. The Labute approximate surface area is 151 Å². The fraction of sp³-hybridized carbons (Fsp3) is 0.471. The SMILES string of the molecule is CC(=O)NCc1ccc(-c2csc(NC(=O)CCCCCCN)n2)o1. The maximum absolute atomic E-state index is 11.9. The molecule has 2 rings (SSSR count). The minimum absolute atomic E-state index is 0.0283. The molecule has 8 heteroatoms. The van der Waals surface area contributed by atoms with Crippen molar-refractivity contribution in [2.24, 2.45) is 5.73 Å². The van der Waals surface area contributed by atoms with Crippen LogP contribution in [-0.2, 0) is 16.1 Å². The zero-order valence-corrected chi connectivity index (χ0v) is 15.2. The lowest BCUT2D eigenvalue weighted by atomic mass is 10.1. The summed E-state index contributed by atoms with van der Waals surface area (Å²) in [5.41, 5.74) is 6.11. The molecule has 2 heterocycles. The largest absolute Gasteiger partial charge is 0.458 e. The van der Waals surface area contributed by atoms with Gasteiger partial charge in [-0.1, -0.05) is 12.8 Å². The van der Waals surface area contributed by atoms with Crippen molar-refractivity contribution in [3.63, 3.8) is 0 Å². The Hall–Kier alpha value is -2.19. The van der Waals surface area contributed by atoms with Crippen LogP contribution in [0.4, 0.5) is 5.13 Å². The molecule has 0 spiro atoms. The molecule has 25 heavy (non-hydrogen) atoms. The van der Waals surface area contributed by atoms with Crippen LogP contribution >= 0.6 is 11.3 Å². The van der Waals surface area contributed by atoms with Crippen molar-refractivity contribution < 1.29 is 14.0 Å². The monoisotopic (exact) mass is 364 g/mol. The molecule has 0 aromatic carbocycles. The van der Waals surface area contributed by atoms with Gasteiger partial charge in [-0.2, -0.15) is 0 Å². The minimum Gasteiger partial charge on any atom is -0.458 e. The van der Waals surface area contributed by atoms with Gasteiger partial charge in [-0.25, -0.2) is 4.98 Å². The van der Waals surface area contributed by atoms with Gasteiger partial charge >= 0.3 is 0 Å². The van der Waals surface area contributed by atoms with Gasteiger partial charge in [0.25, 0.3) is 0 Å². The third kappa shape index (κ3) is 6.67. The summed E-state index contributed by atoms with van der Waals surface area (Å²) in [7, 11) is 0. The van der Waals surface area contributed by atoms with Crippen LogP contribution in [0.25, 0.3) is 11.5 Å². The number of thiazole rings is 1. The van der Waals surface area contributed by atoms with Gasteiger partial charge in [0.2, 0.25) is 11.8 Å². The van der Waals surface area contributed by atoms with E-state index >= 15 is 0 Å². The Morgan fingerprint density at radius 2 is 2.04 bits per heavy atom. The summed E-state index contributed by atoms with van der Waals surface area (Å²) in [5, 5.41) is 7.88. The summed E-state index contributed by atoms with van der Waals surface area (Å²) in [5.74, 6) is 1.12. The van der Waals surface area contributed by atoms with Crippen LogP contribution in [0.5, 0.6) is 0 Å². The number of carbonyl (C=O) groups is 2. The Morgan fingerprint density at radius 1 is 1.24 bits per heavy atom. The van der Waals surface area contributed by atoms with Crippen molar-refractivity contribution in [1.82, 2.24) is 10.3 Å². The first-order valence-corrected chi connectivity index (χ1v) is 9.25. The smallest absolute Gasteiger partial charge is 0.226 e. The topological polar surface area (TPSA) is 110 Å². The molecule has 0 aliphatic heterocycles. The van der Waals surface area contributed by atoms with Gasteiger partial charge in [0.05, 0.1) is 6.54 Å². The first kappa shape index (κ1) is 19.1. The predicted molar refractivity (Wildman–Crippen MR) is 98.1 cm³/mol. The van der Waals surface area contributed by atoms with Crippen molar-refractivity contribution in [2.75, 3.05) is 11.9 Å². The Bertz CT molecular complexity index is 696. The van der Waals surface area contributed by atoms with Crippen LogP contribution < -0.4 is 16.4 Å². The second-order valence-electron chi connectivity index (χ2n) is 5.71. The Kier molecular flexibility index (Phi) is 7.62. The number of hydrogen-bond acceptors (Lipinski definition) is 6. The minimum atomic E-state index is -0.111. The van der Waals surface area contributed by atoms with E-state index in [1.54, 1.807) is 12.1 Å². The molecule has 0 saturated heterocycles. The number of aromatic nitrogens is 1. The van der Waals surface area contributed by atoms with Gasteiger partial charge in [-0.05, 0) is 31.5 Å². The quantitative estimate of drug-likeness (QED) is 0.562. The molecule has 136 valence electrons. The van der Waals surface area contributed by atoms with E-state index in [4.69, 9.17) is 10.2 Å². The van der Waals surface area contributed by atoms with Crippen LogP contribution in [0.3, 0.4) is 0 Å². The molecule has 7 nitrogen and oxygen atoms in total. The predicted octanol–water partition coefficient (Wildman–Crippen LogP) is 2.89. The number of nitrogens with zero attached hydrogens (tertiary/aromatic N) is 1. The number of anilines is 1. The standard InChI is InChI=1S/C17H24N4O3S/c1-12(22)19-10-13-7-8-15(24-13)14-11-25-17(20-14)21-16(23)6-4-2-3-5-9-18/h7-8,11H,2-6,9-10,18H2,1H3,(H,19,22)(H,20,21,23). The van der Waals surface area contributed by atoms with Crippen LogP contribution in [0.2, 0.25) is 0 Å². The van der Waals surface area contributed by atoms with Crippen molar-refractivity contribution in [1.29, 1.82) is 0 Å². The maximum atomic E-state index is 11.9. The number of hydrogen-bond donors (Lipinski definition) is 3. The molecule has 0 saturated carbocycles. The van der Waals surface area contributed by atoms with Gasteiger partial charge in [0, 0.05) is 18.7 Å². The van der Waals surface area contributed by atoms with Gasteiger partial charge in [-0.3, -0.25) is 9.59 Å². The third-order valence-electron chi connectivity index (χ3n) is 3.53. The molecular weight excluding hydrogens is 340 g/mol. The molecule has 2 amide bonds. The summed E-state index contributed by atoms with van der Waals surface area (Å²) in [6, 6.07) is 3.60. The van der Waals surface area contributed by atoms with Crippen LogP contribution in [0.15, 0.2) is 21.9 Å². The van der Waals surface area contributed by atoms with Gasteiger partial charge in [0.15, 0.2) is 10.9 Å². The summed E-state index contributed by atoms with van der Waals surface area (Å²) in [6.07, 6.45) is 4.42. The van der Waals surface area contributed by atoms with E-state index in [1.807, 2.05) is 5.38 Å². The number of nitrogens with one attached hydrogen (secondary N) is 2. The number of amides is 2. The zero-order chi connectivity index (χ0) is 18.1. The average Bonchev–Trinajstić information content (AvgIpc) is 3.21. The molecule has 0 radical (unpaired) electrons. The number of furan rings is 1. The molecule has 4 N–H and O–H groups in total. The third-order valence-corrected chi connectivity index (χ3v) is 4.29. The molecular formula is C17H24N4O3S. The average molecular weight is 364 g/mol. The summed E-state index contributed by atoms with van der Waals surface area (Å²) >= 11 is 1.36. The van der Waals surface area contributed by atoms with Crippen molar-refractivity contribution in [3.05, 3.63) is 23.3 Å². The number of carbonyl (C=O) groups excluding carboxylic acids is 2. The molecule has 2 aromatic rings. The zero-order valence-electron chi connectivity index (χ0n) is 14.3. The van der Waals surface area contributed by atoms with Crippen molar-refractivity contribution >= 4 is 28.3 Å². The van der Waals surface area contributed by atoms with Crippen LogP contribution in [0, 0.1) is 0 Å². The molecule has 0 aliphatic rings. The lowest BCUT2D eigenvalue weighted by Gasteiger charge is -2.01. The van der Waals surface area contributed by atoms with E-state index in [1.165, 1.54) is 18.3 Å². The van der Waals surface area contributed by atoms with E-state index in [0.29, 0.717) is 41.9 Å². The number of rotatable bonds is 10. The highest BCUT2D eigenvalue weighted by atomic mass is 32.1. The van der Waals surface area contributed by atoms with Gasteiger partial charge < -0.3 is 20.8 Å². The van der Waals surface area contributed by atoms with E-state index in [-0.39, 0.29) is 11.8 Å². The fourth-order valence-electron chi connectivity index (χ4n) is 2.23. The second-order valence-corrected chi connectivity index (χ2v) is 6.57. The van der Waals surface area contributed by atoms with Crippen LogP contribution in [0.1, 0.15) is 44.8 Å². The van der Waals surface area contributed by atoms with E-state index in [2.05, 4.69) is 15.6 Å². The summed E-state index contributed by atoms with van der Waals surface area (Å²) in [4.78, 5) is 27.2. The maximum Gasteiger partial charge on any atom is 0.226 e. The molecule has 0 aliphatic carbocycles. The lowest BCUT2D eigenvalue weighted by Crippen LogP contribution is -2.18. The highest BCUT2D eigenvalue weighted by Crippen LogP contribution is 2.26. The highest BCUT2D eigenvalue weighted by molar-refractivity contribution is 7.14. The Morgan fingerprint density at radius 3 is 2.80 bits per heavy atom. The second kappa shape index (κ2) is 9.95. The molecule has 2 aromatic heterocycles. The molecule has 0 unspecified atom stereocenters. The molecule has 0 fully saturated rings. The van der Waals surface area contributed by atoms with E-state index in [9.17, 15) is 9.59 Å². The van der Waals surface area contributed by atoms with Crippen molar-refractivity contribution in [2.45, 2.75) is 45.6 Å². The summed E-state index contributed by atoms with van der Waals surface area (Å²) in [6.45, 7) is 2.50. The first-order chi connectivity index (χ1) is 12.1. The van der Waals surface area contributed by atoms with E-state index < -0.39 is 0 Å². The lowest BCUT2D eigenvalue weighted by molar-refractivity contribution is -0.119. The number of unbranched alkanes of at least 4 members (excludes halogenated alkanes) is 3. The van der Waals surface area contributed by atoms with Crippen molar-refractivity contribution in [3.8, 4) is 11.5 Å². The summed E-state index contributed by atoms with van der Waals surface area (Å²) < 4.78 is 5.65. The molecule has 0 bridgehead atoms. The molecule has 0 atom stereocenters. The highest BCUT2D eigenvalue weighted by Gasteiger charge is 2.11. The van der Waals surface area contributed by atoms with Gasteiger partial charge in [0.1, 0.15) is 11.5 Å². The van der Waals surface area contributed by atoms with Gasteiger partial charge in [-0.15, -0.1) is 11.3 Å². The fourth-order valence-corrected chi connectivity index (χ4v) is 2.95.